The van der Waals surface area contributed by atoms with E-state index in [2.05, 4.69) is 19.2 Å². The van der Waals surface area contributed by atoms with Gasteiger partial charge >= 0.3 is 0 Å². The second kappa shape index (κ2) is 5.50. The molecule has 0 aliphatic carbocycles. The Hall–Kier alpha value is -0.0800. The normalized spacial score (nSPS) is 35.1. The van der Waals surface area contributed by atoms with Gasteiger partial charge in [0, 0.05) is 12.1 Å². The van der Waals surface area contributed by atoms with Crippen LogP contribution in [0.15, 0.2) is 0 Å². The van der Waals surface area contributed by atoms with Crippen LogP contribution in [0.4, 0.5) is 0 Å². The Bertz CT molecular complexity index is 203. The fraction of sp³-hybridized carbons (Fsp3) is 1.00. The second-order valence-corrected chi connectivity index (χ2v) is 6.08. The first kappa shape index (κ1) is 12.4. The van der Waals surface area contributed by atoms with Gasteiger partial charge in [-0.15, -0.1) is 0 Å². The Labute approximate surface area is 100 Å². The quantitative estimate of drug-likeness (QED) is 0.776. The molecule has 2 saturated heterocycles. The molecule has 2 aliphatic rings. The van der Waals surface area contributed by atoms with E-state index in [1.807, 2.05) is 0 Å². The average Bonchev–Trinajstić information content (AvgIpc) is 2.84. The maximum Gasteiger partial charge on any atom is 0.0576 e. The van der Waals surface area contributed by atoms with E-state index in [-0.39, 0.29) is 0 Å². The molecule has 0 spiro atoms. The highest BCUT2D eigenvalue weighted by molar-refractivity contribution is 4.94. The maximum atomic E-state index is 5.73. The molecule has 16 heavy (non-hydrogen) atoms. The number of ether oxygens (including phenoxy) is 1. The molecule has 2 rings (SSSR count). The van der Waals surface area contributed by atoms with Crippen molar-refractivity contribution in [2.24, 2.45) is 5.92 Å². The maximum absolute atomic E-state index is 5.73. The van der Waals surface area contributed by atoms with Gasteiger partial charge in [-0.2, -0.15) is 0 Å². The zero-order valence-electron chi connectivity index (χ0n) is 10.9. The Balaban J connectivity index is 1.81. The number of nitrogens with one attached hydrogen (secondary N) is 1. The summed E-state index contributed by atoms with van der Waals surface area (Å²) in [6.07, 6.45) is 9.77. The molecular formula is C14H27NO. The lowest BCUT2D eigenvalue weighted by molar-refractivity contribution is 0.0921. The van der Waals surface area contributed by atoms with Crippen molar-refractivity contribution in [1.82, 2.24) is 5.32 Å². The van der Waals surface area contributed by atoms with Gasteiger partial charge in [0.25, 0.3) is 0 Å². The molecule has 2 heteroatoms. The molecule has 2 unspecified atom stereocenters. The topological polar surface area (TPSA) is 21.3 Å². The lowest BCUT2D eigenvalue weighted by atomic mass is 9.82. The Morgan fingerprint density at radius 1 is 1.38 bits per heavy atom. The molecule has 94 valence electrons. The Morgan fingerprint density at radius 3 is 2.81 bits per heavy atom. The van der Waals surface area contributed by atoms with Crippen molar-refractivity contribution in [3.8, 4) is 0 Å². The van der Waals surface area contributed by atoms with Crippen LogP contribution in [0.5, 0.6) is 0 Å². The summed E-state index contributed by atoms with van der Waals surface area (Å²) in [5.74, 6) is 0.801. The van der Waals surface area contributed by atoms with Crippen LogP contribution >= 0.6 is 0 Å². The van der Waals surface area contributed by atoms with E-state index >= 15 is 0 Å². The Morgan fingerprint density at radius 2 is 2.25 bits per heavy atom. The minimum absolute atomic E-state index is 0.445. The van der Waals surface area contributed by atoms with Crippen molar-refractivity contribution in [3.05, 3.63) is 0 Å². The van der Waals surface area contributed by atoms with Crippen molar-refractivity contribution in [3.63, 3.8) is 0 Å². The number of rotatable bonds is 5. The summed E-state index contributed by atoms with van der Waals surface area (Å²) in [7, 11) is 0. The van der Waals surface area contributed by atoms with Crippen molar-refractivity contribution < 1.29 is 4.74 Å². The third kappa shape index (κ3) is 3.21. The van der Waals surface area contributed by atoms with Gasteiger partial charge in [-0.25, -0.2) is 0 Å². The molecule has 0 saturated carbocycles. The van der Waals surface area contributed by atoms with Crippen LogP contribution in [0.3, 0.4) is 0 Å². The zero-order chi connectivity index (χ0) is 11.4. The van der Waals surface area contributed by atoms with Gasteiger partial charge < -0.3 is 10.1 Å². The first-order chi connectivity index (χ1) is 7.70. The average molecular weight is 225 g/mol. The van der Waals surface area contributed by atoms with Gasteiger partial charge in [-0.05, 0) is 57.4 Å². The third-order valence-electron chi connectivity index (χ3n) is 4.10. The van der Waals surface area contributed by atoms with Crippen LogP contribution in [0.2, 0.25) is 0 Å². The molecule has 0 bridgehead atoms. The standard InChI is InChI=1S/C14H27NO/c1-12(2)11-14(7-4-9-15-14)8-6-13-5-3-10-16-13/h12-13,15H,3-11H2,1-2H3. The highest BCUT2D eigenvalue weighted by Crippen LogP contribution is 2.33. The fourth-order valence-electron chi connectivity index (χ4n) is 3.45. The zero-order valence-corrected chi connectivity index (χ0v) is 10.9. The highest BCUT2D eigenvalue weighted by atomic mass is 16.5. The van der Waals surface area contributed by atoms with E-state index in [0.717, 1.165) is 12.5 Å². The van der Waals surface area contributed by atoms with Gasteiger partial charge in [0.2, 0.25) is 0 Å². The molecule has 1 N–H and O–H groups in total. The second-order valence-electron chi connectivity index (χ2n) is 6.08. The van der Waals surface area contributed by atoms with Crippen molar-refractivity contribution in [2.75, 3.05) is 13.2 Å². The smallest absolute Gasteiger partial charge is 0.0576 e. The van der Waals surface area contributed by atoms with Crippen LogP contribution in [-0.2, 0) is 4.74 Å². The van der Waals surface area contributed by atoms with Crippen LogP contribution in [0, 0.1) is 5.92 Å². The summed E-state index contributed by atoms with van der Waals surface area (Å²) in [5.41, 5.74) is 0.445. The molecule has 0 aromatic rings. The molecule has 2 aliphatic heterocycles. The number of hydrogen-bond donors (Lipinski definition) is 1. The van der Waals surface area contributed by atoms with Crippen molar-refractivity contribution in [2.45, 2.75) is 70.4 Å². The van der Waals surface area contributed by atoms with Crippen molar-refractivity contribution >= 4 is 0 Å². The molecule has 2 heterocycles. The van der Waals surface area contributed by atoms with E-state index in [4.69, 9.17) is 4.74 Å². The summed E-state index contributed by atoms with van der Waals surface area (Å²) >= 11 is 0. The first-order valence-corrected chi connectivity index (χ1v) is 7.07. The minimum Gasteiger partial charge on any atom is -0.378 e. The monoisotopic (exact) mass is 225 g/mol. The largest absolute Gasteiger partial charge is 0.378 e. The first-order valence-electron chi connectivity index (χ1n) is 7.07. The highest BCUT2D eigenvalue weighted by Gasteiger charge is 2.34. The molecule has 0 radical (unpaired) electrons. The van der Waals surface area contributed by atoms with Crippen LogP contribution in [0.25, 0.3) is 0 Å². The van der Waals surface area contributed by atoms with E-state index in [1.54, 1.807) is 0 Å². The lowest BCUT2D eigenvalue weighted by Gasteiger charge is -2.32. The van der Waals surface area contributed by atoms with Crippen LogP contribution in [-0.4, -0.2) is 24.8 Å². The van der Waals surface area contributed by atoms with Crippen molar-refractivity contribution in [1.29, 1.82) is 0 Å². The van der Waals surface area contributed by atoms with Gasteiger partial charge in [-0.1, -0.05) is 13.8 Å². The van der Waals surface area contributed by atoms with E-state index in [1.165, 1.54) is 51.5 Å². The molecule has 0 amide bonds. The van der Waals surface area contributed by atoms with Crippen LogP contribution in [0.1, 0.15) is 58.8 Å². The van der Waals surface area contributed by atoms with E-state index < -0.39 is 0 Å². The molecule has 2 atom stereocenters. The molecule has 2 fully saturated rings. The SMILES string of the molecule is CC(C)CC1(CCC2CCCO2)CCCN1. The fourth-order valence-corrected chi connectivity index (χ4v) is 3.45. The predicted molar refractivity (Wildman–Crippen MR) is 67.6 cm³/mol. The summed E-state index contributed by atoms with van der Waals surface area (Å²) in [4.78, 5) is 0. The lowest BCUT2D eigenvalue weighted by Crippen LogP contribution is -2.41. The van der Waals surface area contributed by atoms with Gasteiger partial charge in [0.1, 0.15) is 0 Å². The van der Waals surface area contributed by atoms with Gasteiger partial charge in [-0.3, -0.25) is 0 Å². The van der Waals surface area contributed by atoms with Gasteiger partial charge in [0.05, 0.1) is 6.10 Å². The van der Waals surface area contributed by atoms with Gasteiger partial charge in [0.15, 0.2) is 0 Å². The minimum atomic E-state index is 0.445. The third-order valence-corrected chi connectivity index (χ3v) is 4.10. The Kier molecular flexibility index (Phi) is 4.26. The molecule has 2 nitrogen and oxygen atoms in total. The molecule has 0 aromatic heterocycles. The summed E-state index contributed by atoms with van der Waals surface area (Å²) in [6.45, 7) is 6.90. The molecular weight excluding hydrogens is 198 g/mol. The summed E-state index contributed by atoms with van der Waals surface area (Å²) in [6, 6.07) is 0. The predicted octanol–water partition coefficient (Wildman–Crippen LogP) is 3.11. The number of hydrogen-bond acceptors (Lipinski definition) is 2. The van der Waals surface area contributed by atoms with Crippen LogP contribution < -0.4 is 5.32 Å². The summed E-state index contributed by atoms with van der Waals surface area (Å²) in [5, 5.41) is 3.77. The molecule has 0 aromatic carbocycles. The van der Waals surface area contributed by atoms with E-state index in [0.29, 0.717) is 11.6 Å². The summed E-state index contributed by atoms with van der Waals surface area (Å²) < 4.78 is 5.73. The van der Waals surface area contributed by atoms with E-state index in [9.17, 15) is 0 Å².